The number of hydrogen-bond donors (Lipinski definition) is 3. The largest absolute Gasteiger partial charge is 0.495 e. The van der Waals surface area contributed by atoms with Crippen molar-refractivity contribution in [3.63, 3.8) is 0 Å². The lowest BCUT2D eigenvalue weighted by atomic mass is 9.82. The molecule has 1 unspecified atom stereocenters. The number of amides is 2. The molecule has 3 aromatic carbocycles. The number of fused-ring (bicyclic) bond motifs is 1. The van der Waals surface area contributed by atoms with Crippen molar-refractivity contribution in [3.05, 3.63) is 106 Å². The lowest BCUT2D eigenvalue weighted by Crippen LogP contribution is -2.31. The number of benzene rings is 3. The lowest BCUT2D eigenvalue weighted by molar-refractivity contribution is -0.114. The van der Waals surface area contributed by atoms with Crippen LogP contribution in [0.2, 0.25) is 0 Å². The number of carbonyl (C=O) groups is 2. The number of para-hydroxylation sites is 3. The standard InChI is InChI=1S/C30H25N5O3S2/c1-18-26(28(37)33-21-12-6-8-14-23(21)38-2)27(19-10-4-3-5-11-19)20(16-31)29(32-18)39-17-25(36)35-30-34-22-13-7-9-15-24(22)40-30/h3-15,27,32H,17H2,1-2H3,(H,33,37)(H,34,35,36). The van der Waals surface area contributed by atoms with E-state index < -0.39 is 5.92 Å². The van der Waals surface area contributed by atoms with Gasteiger partial charge in [0, 0.05) is 11.3 Å². The van der Waals surface area contributed by atoms with E-state index in [4.69, 9.17) is 4.74 Å². The van der Waals surface area contributed by atoms with Gasteiger partial charge in [-0.25, -0.2) is 4.98 Å². The van der Waals surface area contributed by atoms with Crippen LogP contribution in [0.25, 0.3) is 10.2 Å². The van der Waals surface area contributed by atoms with Crippen molar-refractivity contribution in [2.75, 3.05) is 23.5 Å². The maximum atomic E-state index is 13.7. The molecule has 200 valence electrons. The second-order valence-corrected chi connectivity index (χ2v) is 10.9. The Kier molecular flexibility index (Phi) is 8.15. The van der Waals surface area contributed by atoms with Gasteiger partial charge < -0.3 is 20.7 Å². The maximum absolute atomic E-state index is 13.7. The number of anilines is 2. The minimum absolute atomic E-state index is 0.0565. The van der Waals surface area contributed by atoms with Gasteiger partial charge in [0.15, 0.2) is 5.13 Å². The van der Waals surface area contributed by atoms with E-state index in [0.29, 0.717) is 38.4 Å². The fraction of sp³-hybridized carbons (Fsp3) is 0.133. The molecule has 3 N–H and O–H groups in total. The number of rotatable bonds is 8. The van der Waals surface area contributed by atoms with Crippen molar-refractivity contribution < 1.29 is 14.3 Å². The van der Waals surface area contributed by atoms with E-state index in [-0.39, 0.29) is 17.6 Å². The molecule has 5 rings (SSSR count). The molecule has 4 aromatic rings. The molecule has 0 saturated carbocycles. The first kappa shape index (κ1) is 27.0. The zero-order valence-corrected chi connectivity index (χ0v) is 23.4. The summed E-state index contributed by atoms with van der Waals surface area (Å²) < 4.78 is 6.38. The number of thioether (sulfide) groups is 1. The van der Waals surface area contributed by atoms with Crippen molar-refractivity contribution in [2.24, 2.45) is 0 Å². The smallest absolute Gasteiger partial charge is 0.254 e. The zero-order valence-electron chi connectivity index (χ0n) is 21.7. The molecule has 8 nitrogen and oxygen atoms in total. The van der Waals surface area contributed by atoms with Crippen LogP contribution < -0.4 is 20.7 Å². The van der Waals surface area contributed by atoms with Gasteiger partial charge in [0.2, 0.25) is 5.91 Å². The summed E-state index contributed by atoms with van der Waals surface area (Å²) in [6, 6.07) is 26.5. The number of nitrogens with zero attached hydrogens (tertiary/aromatic N) is 2. The number of nitrogens with one attached hydrogen (secondary N) is 3. The summed E-state index contributed by atoms with van der Waals surface area (Å²) in [6.07, 6.45) is 0. The van der Waals surface area contributed by atoms with Gasteiger partial charge in [-0.3, -0.25) is 9.59 Å². The van der Waals surface area contributed by atoms with E-state index >= 15 is 0 Å². The van der Waals surface area contributed by atoms with Crippen molar-refractivity contribution in [3.8, 4) is 11.8 Å². The third-order valence-corrected chi connectivity index (χ3v) is 8.24. The molecule has 1 atom stereocenters. The van der Waals surface area contributed by atoms with E-state index in [0.717, 1.165) is 15.8 Å². The molecule has 0 aliphatic carbocycles. The summed E-state index contributed by atoms with van der Waals surface area (Å²) in [4.78, 5) is 30.9. The molecule has 2 amide bonds. The van der Waals surface area contributed by atoms with E-state index in [1.54, 1.807) is 19.1 Å². The Morgan fingerprint density at radius 1 is 1.05 bits per heavy atom. The van der Waals surface area contributed by atoms with E-state index in [1.807, 2.05) is 66.7 Å². The van der Waals surface area contributed by atoms with Crippen LogP contribution in [-0.4, -0.2) is 29.7 Å². The topological polar surface area (TPSA) is 116 Å². The number of allylic oxidation sites excluding steroid dienone is 2. The van der Waals surface area contributed by atoms with Crippen molar-refractivity contribution in [1.82, 2.24) is 10.3 Å². The summed E-state index contributed by atoms with van der Waals surface area (Å²) in [7, 11) is 1.54. The number of dihydropyridines is 1. The van der Waals surface area contributed by atoms with Gasteiger partial charge in [0.25, 0.3) is 5.91 Å². The molecule has 0 spiro atoms. The number of carbonyl (C=O) groups excluding carboxylic acids is 2. The fourth-order valence-corrected chi connectivity index (χ4v) is 6.24. The lowest BCUT2D eigenvalue weighted by Gasteiger charge is -2.30. The summed E-state index contributed by atoms with van der Waals surface area (Å²) >= 11 is 2.62. The van der Waals surface area contributed by atoms with Crippen LogP contribution in [0.1, 0.15) is 18.4 Å². The first-order chi connectivity index (χ1) is 19.5. The molecule has 2 heterocycles. The van der Waals surface area contributed by atoms with Crippen molar-refractivity contribution in [2.45, 2.75) is 12.8 Å². The molecule has 0 fully saturated rings. The fourth-order valence-electron chi connectivity index (χ4n) is 4.46. The molecule has 0 bridgehead atoms. The van der Waals surface area contributed by atoms with Crippen LogP contribution in [-0.2, 0) is 9.59 Å². The number of aromatic nitrogens is 1. The highest BCUT2D eigenvalue weighted by Crippen LogP contribution is 2.41. The van der Waals surface area contributed by atoms with Gasteiger partial charge in [-0.1, -0.05) is 77.7 Å². The Hall–Kier alpha value is -4.59. The quantitative estimate of drug-likeness (QED) is 0.239. The molecular weight excluding hydrogens is 542 g/mol. The van der Waals surface area contributed by atoms with Crippen LogP contribution in [0.3, 0.4) is 0 Å². The van der Waals surface area contributed by atoms with Gasteiger partial charge in [0.1, 0.15) is 5.75 Å². The third-order valence-electron chi connectivity index (χ3n) is 6.27. The molecule has 1 aliphatic heterocycles. The summed E-state index contributed by atoms with van der Waals surface area (Å²) in [6.45, 7) is 1.79. The highest BCUT2D eigenvalue weighted by atomic mass is 32.2. The second kappa shape index (κ2) is 12.1. The van der Waals surface area contributed by atoms with Crippen molar-refractivity contribution in [1.29, 1.82) is 5.26 Å². The molecular formula is C30H25N5O3S2. The monoisotopic (exact) mass is 567 g/mol. The Morgan fingerprint density at radius 3 is 2.52 bits per heavy atom. The third kappa shape index (κ3) is 5.71. The average Bonchev–Trinajstić information content (AvgIpc) is 3.38. The highest BCUT2D eigenvalue weighted by molar-refractivity contribution is 8.03. The van der Waals surface area contributed by atoms with Gasteiger partial charge >= 0.3 is 0 Å². The SMILES string of the molecule is COc1ccccc1NC(=O)C1=C(C)NC(SCC(=O)Nc2nc3ccccc3s2)=C(C#N)C1c1ccccc1. The van der Waals surface area contributed by atoms with Crippen LogP contribution >= 0.6 is 23.1 Å². The number of thiazole rings is 1. The van der Waals surface area contributed by atoms with Gasteiger partial charge in [-0.15, -0.1) is 0 Å². The number of methoxy groups -OCH3 is 1. The number of ether oxygens (including phenoxy) is 1. The highest BCUT2D eigenvalue weighted by Gasteiger charge is 2.35. The van der Waals surface area contributed by atoms with Crippen LogP contribution in [0, 0.1) is 11.3 Å². The zero-order chi connectivity index (χ0) is 28.1. The Bertz CT molecular complexity index is 1660. The van der Waals surface area contributed by atoms with Crippen LogP contribution in [0.5, 0.6) is 5.75 Å². The van der Waals surface area contributed by atoms with Gasteiger partial charge in [-0.2, -0.15) is 5.26 Å². The molecule has 0 saturated heterocycles. The normalized spacial score (nSPS) is 14.9. The van der Waals surface area contributed by atoms with Crippen LogP contribution in [0.4, 0.5) is 10.8 Å². The van der Waals surface area contributed by atoms with Gasteiger partial charge in [0.05, 0.1) is 51.4 Å². The molecule has 1 aromatic heterocycles. The summed E-state index contributed by atoms with van der Waals surface area (Å²) in [5.74, 6) is -0.638. The van der Waals surface area contributed by atoms with E-state index in [9.17, 15) is 14.9 Å². The van der Waals surface area contributed by atoms with Crippen LogP contribution in [0.15, 0.2) is 101 Å². The van der Waals surface area contributed by atoms with Crippen molar-refractivity contribution >= 4 is 55.9 Å². The first-order valence-electron chi connectivity index (χ1n) is 12.4. The van der Waals surface area contributed by atoms with Gasteiger partial charge in [-0.05, 0) is 36.8 Å². The molecule has 1 aliphatic rings. The van der Waals surface area contributed by atoms with E-state index in [2.05, 4.69) is 27.0 Å². The minimum atomic E-state index is -0.628. The summed E-state index contributed by atoms with van der Waals surface area (Å²) in [5, 5.41) is 20.3. The number of hydrogen-bond acceptors (Lipinski definition) is 8. The Labute approximate surface area is 239 Å². The Morgan fingerprint density at radius 2 is 1.77 bits per heavy atom. The average molecular weight is 568 g/mol. The predicted molar refractivity (Wildman–Crippen MR) is 160 cm³/mol. The maximum Gasteiger partial charge on any atom is 0.254 e. The first-order valence-corrected chi connectivity index (χ1v) is 14.2. The minimum Gasteiger partial charge on any atom is -0.495 e. The van der Waals surface area contributed by atoms with E-state index in [1.165, 1.54) is 30.2 Å². The predicted octanol–water partition coefficient (Wildman–Crippen LogP) is 6.01. The Balaban J connectivity index is 1.40. The summed E-state index contributed by atoms with van der Waals surface area (Å²) in [5.41, 5.74) is 3.51. The number of nitriles is 1. The molecule has 10 heteroatoms. The second-order valence-electron chi connectivity index (χ2n) is 8.84. The molecule has 0 radical (unpaired) electrons. The molecule has 40 heavy (non-hydrogen) atoms.